The van der Waals surface area contributed by atoms with E-state index in [9.17, 15) is 9.90 Å². The van der Waals surface area contributed by atoms with Crippen LogP contribution >= 0.6 is 23.1 Å². The molecule has 0 aliphatic carbocycles. The maximum atomic E-state index is 10.5. The molecule has 0 saturated heterocycles. The van der Waals surface area contributed by atoms with Crippen LogP contribution in [0.4, 0.5) is 10.9 Å². The van der Waals surface area contributed by atoms with Gasteiger partial charge in [-0.1, -0.05) is 17.8 Å². The van der Waals surface area contributed by atoms with Crippen molar-refractivity contribution in [2.45, 2.75) is 16.7 Å². The molecule has 3 aromatic rings. The number of anilines is 2. The van der Waals surface area contributed by atoms with Gasteiger partial charge in [0.15, 0.2) is 5.13 Å². The van der Waals surface area contributed by atoms with Crippen molar-refractivity contribution < 1.29 is 44.2 Å². The molecule has 0 spiro atoms. The van der Waals surface area contributed by atoms with Crippen molar-refractivity contribution in [2.75, 3.05) is 11.9 Å². The average Bonchev–Trinajstić information content (AvgIpc) is 2.98. The Balaban J connectivity index is 0.00000243. The molecule has 0 atom stereocenters. The van der Waals surface area contributed by atoms with E-state index in [1.165, 1.54) is 23.1 Å². The second kappa shape index (κ2) is 9.94. The normalized spacial score (nSPS) is 10.0. The Kier molecular flexibility index (Phi) is 7.92. The molecule has 128 valence electrons. The number of rotatable bonds is 7. The number of aryl methyl sites for hydroxylation is 1. The van der Waals surface area contributed by atoms with E-state index in [2.05, 4.69) is 15.3 Å². The SMILES string of the molecule is Cc1csc(Nc2cc(Sc3cccc(OCC(=O)[O-])c3)ccn2)n1.[Na+]. The number of nitrogens with one attached hydrogen (secondary N) is 1. The van der Waals surface area contributed by atoms with Gasteiger partial charge in [-0.25, -0.2) is 9.97 Å². The minimum Gasteiger partial charge on any atom is -0.546 e. The van der Waals surface area contributed by atoms with Gasteiger partial charge in [0.2, 0.25) is 0 Å². The number of aromatic nitrogens is 2. The Morgan fingerprint density at radius 1 is 1.31 bits per heavy atom. The van der Waals surface area contributed by atoms with Gasteiger partial charge in [0, 0.05) is 21.4 Å². The van der Waals surface area contributed by atoms with Crippen LogP contribution in [-0.4, -0.2) is 22.5 Å². The van der Waals surface area contributed by atoms with Crippen LogP contribution in [0.25, 0.3) is 0 Å². The molecule has 26 heavy (non-hydrogen) atoms. The third-order valence-electron chi connectivity index (χ3n) is 2.98. The molecule has 0 aliphatic heterocycles. The van der Waals surface area contributed by atoms with Gasteiger partial charge >= 0.3 is 29.6 Å². The molecule has 1 aromatic carbocycles. The fourth-order valence-electron chi connectivity index (χ4n) is 1.97. The Morgan fingerprint density at radius 2 is 2.12 bits per heavy atom. The second-order valence-corrected chi connectivity index (χ2v) is 7.04. The average molecular weight is 395 g/mol. The first-order valence-corrected chi connectivity index (χ1v) is 9.04. The van der Waals surface area contributed by atoms with E-state index in [0.29, 0.717) is 11.6 Å². The number of carbonyl (C=O) groups excluding carboxylic acids is 1. The molecule has 0 unspecified atom stereocenters. The fourth-order valence-corrected chi connectivity index (χ4v) is 3.56. The van der Waals surface area contributed by atoms with Crippen LogP contribution in [0, 0.1) is 6.92 Å². The van der Waals surface area contributed by atoms with Crippen LogP contribution < -0.4 is 44.7 Å². The molecule has 0 saturated carbocycles. The molecule has 2 aromatic heterocycles. The topological polar surface area (TPSA) is 87.2 Å². The third-order valence-corrected chi connectivity index (χ3v) is 4.84. The minimum absolute atomic E-state index is 0. The van der Waals surface area contributed by atoms with Crippen LogP contribution in [0.3, 0.4) is 0 Å². The van der Waals surface area contributed by atoms with E-state index in [4.69, 9.17) is 4.74 Å². The number of carbonyl (C=O) groups is 1. The summed E-state index contributed by atoms with van der Waals surface area (Å²) >= 11 is 3.05. The van der Waals surface area contributed by atoms with E-state index in [-0.39, 0.29) is 29.6 Å². The number of benzene rings is 1. The van der Waals surface area contributed by atoms with E-state index in [1.807, 2.05) is 36.6 Å². The summed E-state index contributed by atoms with van der Waals surface area (Å²) in [5.74, 6) is -0.0519. The van der Waals surface area contributed by atoms with Gasteiger partial charge in [0.05, 0.1) is 11.7 Å². The first kappa shape index (κ1) is 20.7. The molecule has 0 radical (unpaired) electrons. The molecule has 2 heterocycles. The third kappa shape index (κ3) is 6.30. The molecular formula is C17H14N3NaO3S2. The van der Waals surface area contributed by atoms with E-state index >= 15 is 0 Å². The van der Waals surface area contributed by atoms with E-state index in [0.717, 1.165) is 20.6 Å². The zero-order valence-corrected chi connectivity index (χ0v) is 17.9. The van der Waals surface area contributed by atoms with Crippen LogP contribution in [0.5, 0.6) is 5.75 Å². The quantitative estimate of drug-likeness (QED) is 0.558. The number of hydrogen-bond donors (Lipinski definition) is 1. The van der Waals surface area contributed by atoms with Gasteiger partial charge in [-0.15, -0.1) is 11.3 Å². The number of pyridine rings is 1. The maximum Gasteiger partial charge on any atom is 1.00 e. The first-order valence-electron chi connectivity index (χ1n) is 7.34. The number of ether oxygens (including phenoxy) is 1. The second-order valence-electron chi connectivity index (χ2n) is 5.03. The Hall–Kier alpha value is -1.58. The Bertz CT molecular complexity index is 889. The largest absolute Gasteiger partial charge is 1.00 e. The van der Waals surface area contributed by atoms with Crippen molar-refractivity contribution in [1.29, 1.82) is 0 Å². The summed E-state index contributed by atoms with van der Waals surface area (Å²) in [6.07, 6.45) is 1.72. The molecule has 0 aliphatic rings. The Labute approximate surface area is 181 Å². The summed E-state index contributed by atoms with van der Waals surface area (Å²) in [5, 5.41) is 16.4. The van der Waals surface area contributed by atoms with Gasteiger partial charge in [-0.2, -0.15) is 0 Å². The monoisotopic (exact) mass is 395 g/mol. The van der Waals surface area contributed by atoms with Gasteiger partial charge < -0.3 is 20.0 Å². The molecule has 0 bridgehead atoms. The van der Waals surface area contributed by atoms with Crippen LogP contribution in [0.2, 0.25) is 0 Å². The summed E-state index contributed by atoms with van der Waals surface area (Å²) in [5.41, 5.74) is 0.964. The summed E-state index contributed by atoms with van der Waals surface area (Å²) in [6, 6.07) is 11.1. The van der Waals surface area contributed by atoms with Crippen molar-refractivity contribution >= 4 is 40.0 Å². The Morgan fingerprint density at radius 3 is 2.85 bits per heavy atom. The number of thiazole rings is 1. The number of hydrogen-bond acceptors (Lipinski definition) is 8. The van der Waals surface area contributed by atoms with Crippen LogP contribution in [0.15, 0.2) is 57.8 Å². The summed E-state index contributed by atoms with van der Waals surface area (Å²) < 4.78 is 5.14. The van der Waals surface area contributed by atoms with Crippen LogP contribution in [0.1, 0.15) is 5.69 Å². The number of nitrogens with zero attached hydrogens (tertiary/aromatic N) is 2. The standard InChI is InChI=1S/C17H15N3O3S2.Na/c1-11-10-24-17(19-11)20-15-8-14(5-6-18-15)25-13-4-2-3-12(7-13)23-9-16(21)22;/h2-8,10H,9H2,1H3,(H,21,22)(H,18,19,20);/q;+1/p-1. The van der Waals surface area contributed by atoms with Crippen molar-refractivity contribution in [1.82, 2.24) is 9.97 Å². The van der Waals surface area contributed by atoms with Crippen molar-refractivity contribution in [3.05, 3.63) is 53.7 Å². The molecular weight excluding hydrogens is 381 g/mol. The molecule has 6 nitrogen and oxygen atoms in total. The summed E-state index contributed by atoms with van der Waals surface area (Å²) in [6.45, 7) is 1.47. The first-order chi connectivity index (χ1) is 12.1. The van der Waals surface area contributed by atoms with Crippen molar-refractivity contribution in [2.24, 2.45) is 0 Å². The zero-order chi connectivity index (χ0) is 17.6. The minimum atomic E-state index is -1.25. The molecule has 3 rings (SSSR count). The van der Waals surface area contributed by atoms with Gasteiger partial charge in [0.25, 0.3) is 0 Å². The summed E-state index contributed by atoms with van der Waals surface area (Å²) in [7, 11) is 0. The van der Waals surface area contributed by atoms with Crippen molar-refractivity contribution in [3.63, 3.8) is 0 Å². The predicted octanol–water partition coefficient (Wildman–Crippen LogP) is -0.126. The van der Waals surface area contributed by atoms with E-state index in [1.54, 1.807) is 18.3 Å². The molecule has 0 fully saturated rings. The number of aliphatic carboxylic acids is 1. The molecule has 9 heteroatoms. The maximum absolute atomic E-state index is 10.5. The number of carboxylic acids is 1. The van der Waals surface area contributed by atoms with Crippen LogP contribution in [-0.2, 0) is 4.79 Å². The predicted molar refractivity (Wildman–Crippen MR) is 95.4 cm³/mol. The smallest absolute Gasteiger partial charge is 0.546 e. The molecule has 1 N–H and O–H groups in total. The van der Waals surface area contributed by atoms with Gasteiger partial charge in [0.1, 0.15) is 18.2 Å². The van der Waals surface area contributed by atoms with Crippen molar-refractivity contribution in [3.8, 4) is 5.75 Å². The fraction of sp³-hybridized carbons (Fsp3) is 0.118. The van der Waals surface area contributed by atoms with E-state index < -0.39 is 12.6 Å². The molecule has 0 amide bonds. The summed E-state index contributed by atoms with van der Waals surface area (Å²) in [4.78, 5) is 21.0. The van der Waals surface area contributed by atoms with Gasteiger partial charge in [-0.05, 0) is 37.3 Å². The zero-order valence-electron chi connectivity index (χ0n) is 14.3. The van der Waals surface area contributed by atoms with Gasteiger partial charge in [-0.3, -0.25) is 0 Å². The number of carboxylic acid groups (broad SMARTS) is 1.